The summed E-state index contributed by atoms with van der Waals surface area (Å²) in [6.45, 7) is 6.46. The van der Waals surface area contributed by atoms with Gasteiger partial charge in [-0.2, -0.15) is 0 Å². The molecule has 18 heavy (non-hydrogen) atoms. The standard InChI is InChI=1S/C14H28IN3/c1-16-8-3-13(4-9-16)5-10-17(2)14-6-11-18(15)12-7-14/h13-14H,3-12H2,1-2H3. The molecule has 2 aliphatic heterocycles. The van der Waals surface area contributed by atoms with Crippen molar-refractivity contribution in [3.8, 4) is 0 Å². The Kier molecular flexibility index (Phi) is 6.18. The number of piperidine rings is 2. The lowest BCUT2D eigenvalue weighted by atomic mass is 9.93. The van der Waals surface area contributed by atoms with Crippen LogP contribution in [0.1, 0.15) is 32.1 Å². The fourth-order valence-electron chi connectivity index (χ4n) is 3.19. The molecule has 2 heterocycles. The van der Waals surface area contributed by atoms with Crippen LogP contribution in [-0.4, -0.2) is 65.8 Å². The predicted octanol–water partition coefficient (Wildman–Crippen LogP) is 2.46. The lowest BCUT2D eigenvalue weighted by molar-refractivity contribution is 0.151. The number of hydrogen-bond donors (Lipinski definition) is 0. The molecule has 0 saturated carbocycles. The Morgan fingerprint density at radius 3 is 2.28 bits per heavy atom. The molecule has 0 amide bonds. The minimum Gasteiger partial charge on any atom is -0.306 e. The van der Waals surface area contributed by atoms with Crippen molar-refractivity contribution in [3.05, 3.63) is 0 Å². The summed E-state index contributed by atoms with van der Waals surface area (Å²) in [7, 11) is 4.59. The summed E-state index contributed by atoms with van der Waals surface area (Å²) in [5.41, 5.74) is 0. The molecule has 106 valence electrons. The minimum absolute atomic E-state index is 0.835. The van der Waals surface area contributed by atoms with Crippen LogP contribution in [-0.2, 0) is 0 Å². The molecule has 2 aliphatic rings. The van der Waals surface area contributed by atoms with E-state index in [0.717, 1.165) is 12.0 Å². The number of halogens is 1. The Morgan fingerprint density at radius 1 is 1.06 bits per heavy atom. The van der Waals surface area contributed by atoms with E-state index in [4.69, 9.17) is 0 Å². The molecule has 0 atom stereocenters. The summed E-state index contributed by atoms with van der Waals surface area (Å²) in [6.07, 6.45) is 6.95. The highest BCUT2D eigenvalue weighted by atomic mass is 127. The monoisotopic (exact) mass is 365 g/mol. The van der Waals surface area contributed by atoms with Crippen LogP contribution in [0, 0.1) is 5.92 Å². The Balaban J connectivity index is 1.63. The SMILES string of the molecule is CN1CCC(CCN(C)C2CCN(I)CC2)CC1. The second-order valence-corrected chi connectivity index (χ2v) is 7.52. The molecular weight excluding hydrogens is 337 g/mol. The molecule has 0 aromatic rings. The van der Waals surface area contributed by atoms with Crippen LogP contribution in [0.25, 0.3) is 0 Å². The van der Waals surface area contributed by atoms with Crippen LogP contribution in [0.3, 0.4) is 0 Å². The molecule has 0 spiro atoms. The van der Waals surface area contributed by atoms with Crippen molar-refractivity contribution in [1.29, 1.82) is 0 Å². The highest BCUT2D eigenvalue weighted by Crippen LogP contribution is 2.22. The quantitative estimate of drug-likeness (QED) is 0.560. The van der Waals surface area contributed by atoms with Gasteiger partial charge in [0.1, 0.15) is 0 Å². The van der Waals surface area contributed by atoms with E-state index in [9.17, 15) is 0 Å². The Bertz CT molecular complexity index is 233. The third-order valence-corrected chi connectivity index (χ3v) is 5.73. The normalized spacial score (nSPS) is 26.0. The van der Waals surface area contributed by atoms with Gasteiger partial charge in [-0.15, -0.1) is 0 Å². The van der Waals surface area contributed by atoms with Gasteiger partial charge in [0.25, 0.3) is 0 Å². The van der Waals surface area contributed by atoms with Crippen molar-refractivity contribution in [2.45, 2.75) is 38.1 Å². The van der Waals surface area contributed by atoms with Crippen LogP contribution >= 0.6 is 22.9 Å². The number of likely N-dealkylation sites (tertiary alicyclic amines) is 1. The fraction of sp³-hybridized carbons (Fsp3) is 1.00. The molecule has 2 rings (SSSR count). The maximum atomic E-state index is 2.63. The average Bonchev–Trinajstić information content (AvgIpc) is 2.38. The van der Waals surface area contributed by atoms with E-state index < -0.39 is 0 Å². The van der Waals surface area contributed by atoms with Gasteiger partial charge < -0.3 is 9.80 Å². The van der Waals surface area contributed by atoms with E-state index >= 15 is 0 Å². The third-order valence-electron chi connectivity index (χ3n) is 4.76. The molecule has 0 aromatic carbocycles. The molecule has 0 unspecified atom stereocenters. The summed E-state index contributed by atoms with van der Waals surface area (Å²) < 4.78 is 2.43. The molecule has 2 saturated heterocycles. The zero-order valence-electron chi connectivity index (χ0n) is 11.9. The van der Waals surface area contributed by atoms with E-state index in [1.54, 1.807) is 0 Å². The molecule has 0 N–H and O–H groups in total. The van der Waals surface area contributed by atoms with E-state index in [0.29, 0.717) is 0 Å². The molecule has 3 nitrogen and oxygen atoms in total. The molecular formula is C14H28IN3. The van der Waals surface area contributed by atoms with Gasteiger partial charge in [-0.25, -0.2) is 3.11 Å². The fourth-order valence-corrected chi connectivity index (χ4v) is 3.75. The number of rotatable bonds is 4. The Hall–Kier alpha value is 0.610. The molecule has 2 fully saturated rings. The highest BCUT2D eigenvalue weighted by Gasteiger charge is 2.22. The van der Waals surface area contributed by atoms with Gasteiger partial charge in [-0.05, 0) is 71.8 Å². The van der Waals surface area contributed by atoms with Crippen molar-refractivity contribution in [2.24, 2.45) is 5.92 Å². The topological polar surface area (TPSA) is 9.72 Å². The van der Waals surface area contributed by atoms with Gasteiger partial charge in [-0.3, -0.25) is 0 Å². The van der Waals surface area contributed by atoms with Crippen molar-refractivity contribution < 1.29 is 0 Å². The minimum atomic E-state index is 0.835. The van der Waals surface area contributed by atoms with Gasteiger partial charge >= 0.3 is 0 Å². The summed E-state index contributed by atoms with van der Waals surface area (Å²) >= 11 is 2.46. The summed E-state index contributed by atoms with van der Waals surface area (Å²) in [6, 6.07) is 0.835. The van der Waals surface area contributed by atoms with Crippen molar-refractivity contribution >= 4 is 22.9 Å². The van der Waals surface area contributed by atoms with Crippen LogP contribution in [0.5, 0.6) is 0 Å². The predicted molar refractivity (Wildman–Crippen MR) is 86.1 cm³/mol. The van der Waals surface area contributed by atoms with Crippen LogP contribution in [0.2, 0.25) is 0 Å². The van der Waals surface area contributed by atoms with Crippen molar-refractivity contribution in [3.63, 3.8) is 0 Å². The second-order valence-electron chi connectivity index (χ2n) is 6.16. The van der Waals surface area contributed by atoms with Crippen LogP contribution < -0.4 is 0 Å². The van der Waals surface area contributed by atoms with Gasteiger partial charge in [-0.1, -0.05) is 0 Å². The average molecular weight is 365 g/mol. The van der Waals surface area contributed by atoms with Crippen LogP contribution in [0.15, 0.2) is 0 Å². The first-order chi connectivity index (χ1) is 8.65. The molecule has 0 aliphatic carbocycles. The lowest BCUT2D eigenvalue weighted by Gasteiger charge is -2.36. The highest BCUT2D eigenvalue weighted by molar-refractivity contribution is 14.1. The smallest absolute Gasteiger partial charge is 0.0201 e. The summed E-state index contributed by atoms with van der Waals surface area (Å²) in [4.78, 5) is 5.10. The van der Waals surface area contributed by atoms with E-state index in [1.807, 2.05) is 0 Å². The summed E-state index contributed by atoms with van der Waals surface area (Å²) in [5.74, 6) is 0.980. The zero-order chi connectivity index (χ0) is 13.0. The van der Waals surface area contributed by atoms with Crippen LogP contribution in [0.4, 0.5) is 0 Å². The molecule has 4 heteroatoms. The first-order valence-corrected chi connectivity index (χ1v) is 8.41. The van der Waals surface area contributed by atoms with Gasteiger partial charge in [0.2, 0.25) is 0 Å². The molecule has 0 bridgehead atoms. The lowest BCUT2D eigenvalue weighted by Crippen LogP contribution is -2.41. The molecule has 0 aromatic heterocycles. The third kappa shape index (κ3) is 4.62. The maximum absolute atomic E-state index is 2.63. The number of nitrogens with zero attached hydrogens (tertiary/aromatic N) is 3. The second kappa shape index (κ2) is 7.41. The Labute approximate surface area is 126 Å². The van der Waals surface area contributed by atoms with Gasteiger partial charge in [0.15, 0.2) is 0 Å². The van der Waals surface area contributed by atoms with Crippen molar-refractivity contribution in [1.82, 2.24) is 12.9 Å². The molecule has 0 radical (unpaired) electrons. The van der Waals surface area contributed by atoms with E-state index in [2.05, 4.69) is 49.9 Å². The number of hydrogen-bond acceptors (Lipinski definition) is 3. The van der Waals surface area contributed by atoms with Gasteiger partial charge in [0, 0.05) is 42.0 Å². The van der Waals surface area contributed by atoms with Crippen molar-refractivity contribution in [2.75, 3.05) is 46.8 Å². The zero-order valence-corrected chi connectivity index (χ0v) is 14.1. The first kappa shape index (κ1) is 15.0. The summed E-state index contributed by atoms with van der Waals surface area (Å²) in [5, 5.41) is 0. The van der Waals surface area contributed by atoms with E-state index in [-0.39, 0.29) is 0 Å². The largest absolute Gasteiger partial charge is 0.306 e. The first-order valence-electron chi connectivity index (χ1n) is 7.44. The maximum Gasteiger partial charge on any atom is 0.0201 e. The van der Waals surface area contributed by atoms with Gasteiger partial charge in [0.05, 0.1) is 0 Å². The van der Waals surface area contributed by atoms with E-state index in [1.165, 1.54) is 64.8 Å². The Morgan fingerprint density at radius 2 is 1.67 bits per heavy atom.